The Bertz CT molecular complexity index is 230. The van der Waals surface area contributed by atoms with Crippen LogP contribution < -0.4 is 0 Å². The van der Waals surface area contributed by atoms with Crippen molar-refractivity contribution in [2.24, 2.45) is 0 Å². The minimum atomic E-state index is -1.15. The van der Waals surface area contributed by atoms with Crippen LogP contribution in [0, 0.1) is 0 Å². The van der Waals surface area contributed by atoms with Gasteiger partial charge in [-0.05, 0) is 12.5 Å². The molecule has 15 heavy (non-hydrogen) atoms. The van der Waals surface area contributed by atoms with Crippen LogP contribution in [-0.4, -0.2) is 44.9 Å². The highest BCUT2D eigenvalue weighted by molar-refractivity contribution is 6.76. The van der Waals surface area contributed by atoms with Crippen molar-refractivity contribution in [3.63, 3.8) is 0 Å². The minimum absolute atomic E-state index is 0.200. The van der Waals surface area contributed by atoms with E-state index in [0.29, 0.717) is 19.6 Å². The summed E-state index contributed by atoms with van der Waals surface area (Å²) in [6, 6.07) is 0.964. The van der Waals surface area contributed by atoms with Gasteiger partial charge in [-0.2, -0.15) is 0 Å². The van der Waals surface area contributed by atoms with Gasteiger partial charge in [-0.1, -0.05) is 19.6 Å². The average molecular weight is 233 g/mol. The predicted octanol–water partition coefficient (Wildman–Crippen LogP) is 2.51. The second-order valence-electron chi connectivity index (χ2n) is 5.26. The molecule has 1 fully saturated rings. The fourth-order valence-electron chi connectivity index (χ4n) is 1.42. The van der Waals surface area contributed by atoms with E-state index in [1.807, 2.05) is 0 Å². The number of carbonyl (C=O) groups excluding carboxylic acids is 1. The topological polar surface area (TPSA) is 29.5 Å². The van der Waals surface area contributed by atoms with Crippen molar-refractivity contribution >= 4 is 14.2 Å². The minimum Gasteiger partial charge on any atom is -0.450 e. The lowest BCUT2D eigenvalue weighted by molar-refractivity contribution is 0.113. The Hall–Kier alpha value is -0.583. The van der Waals surface area contributed by atoms with Gasteiger partial charge in [0.1, 0.15) is 6.17 Å². The molecule has 0 aromatic carbocycles. The summed E-state index contributed by atoms with van der Waals surface area (Å²) in [5, 5.41) is 0. The van der Waals surface area contributed by atoms with Crippen LogP contribution in [0.25, 0.3) is 0 Å². The van der Waals surface area contributed by atoms with Crippen LogP contribution in [0.3, 0.4) is 0 Å². The monoisotopic (exact) mass is 233 g/mol. The summed E-state index contributed by atoms with van der Waals surface area (Å²) < 4.78 is 17.9. The zero-order chi connectivity index (χ0) is 11.5. The highest BCUT2D eigenvalue weighted by Crippen LogP contribution is 2.14. The first-order chi connectivity index (χ1) is 6.88. The number of ether oxygens (including phenoxy) is 1. The van der Waals surface area contributed by atoms with Gasteiger partial charge in [0, 0.05) is 14.6 Å². The summed E-state index contributed by atoms with van der Waals surface area (Å²) in [4.78, 5) is 12.9. The number of alkyl halides is 1. The first-order valence-electron chi connectivity index (χ1n) is 5.44. The Morgan fingerprint density at radius 1 is 1.53 bits per heavy atom. The molecule has 1 unspecified atom stereocenters. The van der Waals surface area contributed by atoms with Crippen LogP contribution in [0.4, 0.5) is 9.18 Å². The van der Waals surface area contributed by atoms with E-state index < -0.39 is 14.2 Å². The Morgan fingerprint density at radius 3 is 2.67 bits per heavy atom. The summed E-state index contributed by atoms with van der Waals surface area (Å²) in [5.74, 6) is 0. The highest BCUT2D eigenvalue weighted by Gasteiger charge is 2.27. The van der Waals surface area contributed by atoms with Crippen LogP contribution in [-0.2, 0) is 4.74 Å². The van der Waals surface area contributed by atoms with Gasteiger partial charge in [0.05, 0.1) is 13.2 Å². The van der Waals surface area contributed by atoms with E-state index in [-0.39, 0.29) is 12.6 Å². The molecule has 1 aliphatic rings. The van der Waals surface area contributed by atoms with E-state index in [4.69, 9.17) is 4.74 Å². The molecule has 1 heterocycles. The molecule has 0 bridgehead atoms. The maximum atomic E-state index is 12.8. The third-order valence-electron chi connectivity index (χ3n) is 2.47. The van der Waals surface area contributed by atoms with E-state index in [2.05, 4.69) is 19.6 Å². The van der Waals surface area contributed by atoms with Crippen molar-refractivity contribution in [1.29, 1.82) is 0 Å². The van der Waals surface area contributed by atoms with Crippen molar-refractivity contribution in [1.82, 2.24) is 4.90 Å². The standard InChI is InChI=1S/C10H20FNO2Si/c1-15(2,3)7-6-14-10(13)12-5-4-9(11)8-12/h9H,4-8H2,1-3H3. The van der Waals surface area contributed by atoms with Crippen LogP contribution in [0.15, 0.2) is 0 Å². The fourth-order valence-corrected chi connectivity index (χ4v) is 2.13. The maximum absolute atomic E-state index is 12.8. The highest BCUT2D eigenvalue weighted by atomic mass is 28.3. The zero-order valence-electron chi connectivity index (χ0n) is 9.75. The number of likely N-dealkylation sites (tertiary alicyclic amines) is 1. The largest absolute Gasteiger partial charge is 0.450 e. The molecule has 1 atom stereocenters. The Morgan fingerprint density at radius 2 is 2.20 bits per heavy atom. The van der Waals surface area contributed by atoms with E-state index in [9.17, 15) is 9.18 Å². The Labute approximate surface area is 91.6 Å². The molecule has 3 nitrogen and oxygen atoms in total. The van der Waals surface area contributed by atoms with E-state index in [0.717, 1.165) is 6.04 Å². The number of carbonyl (C=O) groups is 1. The summed E-state index contributed by atoms with van der Waals surface area (Å²) in [6.45, 7) is 7.86. The van der Waals surface area contributed by atoms with Gasteiger partial charge in [-0.25, -0.2) is 9.18 Å². The molecule has 0 N–H and O–H groups in total. The first-order valence-corrected chi connectivity index (χ1v) is 9.15. The van der Waals surface area contributed by atoms with Crippen LogP contribution >= 0.6 is 0 Å². The molecule has 5 heteroatoms. The lowest BCUT2D eigenvalue weighted by Crippen LogP contribution is -2.31. The van der Waals surface area contributed by atoms with Crippen LogP contribution in [0.2, 0.25) is 25.7 Å². The van der Waals surface area contributed by atoms with Gasteiger partial charge >= 0.3 is 6.09 Å². The molecular formula is C10H20FNO2Si. The molecule has 1 amide bonds. The van der Waals surface area contributed by atoms with E-state index in [1.54, 1.807) is 0 Å². The van der Waals surface area contributed by atoms with Crippen LogP contribution in [0.5, 0.6) is 0 Å². The first kappa shape index (κ1) is 12.5. The summed E-state index contributed by atoms with van der Waals surface area (Å²) >= 11 is 0. The molecule has 0 radical (unpaired) electrons. The van der Waals surface area contributed by atoms with Gasteiger partial charge in [-0.15, -0.1) is 0 Å². The lowest BCUT2D eigenvalue weighted by atomic mass is 10.3. The number of hydrogen-bond donors (Lipinski definition) is 0. The lowest BCUT2D eigenvalue weighted by Gasteiger charge is -2.18. The number of nitrogens with zero attached hydrogens (tertiary/aromatic N) is 1. The summed E-state index contributed by atoms with van der Waals surface area (Å²) in [6.07, 6.45) is -0.772. The third-order valence-corrected chi connectivity index (χ3v) is 4.17. The van der Waals surface area contributed by atoms with E-state index in [1.165, 1.54) is 4.90 Å². The van der Waals surface area contributed by atoms with Gasteiger partial charge in [0.15, 0.2) is 0 Å². The zero-order valence-corrected chi connectivity index (χ0v) is 10.8. The summed E-state index contributed by atoms with van der Waals surface area (Å²) in [7, 11) is -1.15. The number of rotatable bonds is 3. The molecule has 0 aromatic rings. The smallest absolute Gasteiger partial charge is 0.409 e. The molecule has 0 aromatic heterocycles. The maximum Gasteiger partial charge on any atom is 0.409 e. The van der Waals surface area contributed by atoms with Crippen molar-refractivity contribution in [2.45, 2.75) is 38.3 Å². The molecule has 88 valence electrons. The number of amides is 1. The van der Waals surface area contributed by atoms with Gasteiger partial charge in [0.25, 0.3) is 0 Å². The molecule has 0 spiro atoms. The van der Waals surface area contributed by atoms with Crippen molar-refractivity contribution in [3.8, 4) is 0 Å². The second-order valence-corrected chi connectivity index (χ2v) is 10.9. The third kappa shape index (κ3) is 4.64. The number of hydrogen-bond acceptors (Lipinski definition) is 2. The van der Waals surface area contributed by atoms with Gasteiger partial charge < -0.3 is 9.64 Å². The van der Waals surface area contributed by atoms with E-state index >= 15 is 0 Å². The number of halogens is 1. The molecule has 1 rings (SSSR count). The quantitative estimate of drug-likeness (QED) is 0.701. The van der Waals surface area contributed by atoms with Crippen molar-refractivity contribution in [2.75, 3.05) is 19.7 Å². The normalized spacial score (nSPS) is 21.9. The average Bonchev–Trinajstić information content (AvgIpc) is 2.49. The predicted molar refractivity (Wildman–Crippen MR) is 60.6 cm³/mol. The molecule has 1 saturated heterocycles. The SMILES string of the molecule is C[Si](C)(C)CCOC(=O)N1CCC(F)C1. The molecular weight excluding hydrogens is 213 g/mol. The Kier molecular flexibility index (Phi) is 4.13. The Balaban J connectivity index is 2.19. The molecule has 1 aliphatic heterocycles. The summed E-state index contributed by atoms with van der Waals surface area (Å²) in [5.41, 5.74) is 0. The molecule has 0 aliphatic carbocycles. The van der Waals surface area contributed by atoms with Gasteiger partial charge in [0.2, 0.25) is 0 Å². The van der Waals surface area contributed by atoms with Crippen molar-refractivity contribution < 1.29 is 13.9 Å². The molecule has 0 saturated carbocycles. The fraction of sp³-hybridized carbons (Fsp3) is 0.900. The second kappa shape index (κ2) is 4.96. The van der Waals surface area contributed by atoms with Crippen molar-refractivity contribution in [3.05, 3.63) is 0 Å². The van der Waals surface area contributed by atoms with Gasteiger partial charge in [-0.3, -0.25) is 0 Å². The van der Waals surface area contributed by atoms with Crippen LogP contribution in [0.1, 0.15) is 6.42 Å².